The van der Waals surface area contributed by atoms with Gasteiger partial charge in [0.1, 0.15) is 11.2 Å². The number of carbonyl (C=O) groups is 2. The van der Waals surface area contributed by atoms with Crippen LogP contribution in [0.25, 0.3) is 5.69 Å². The molecular formula is C20H14BrClN4O2. The molecular weight excluding hydrogens is 444 g/mol. The first-order chi connectivity index (χ1) is 13.4. The second kappa shape index (κ2) is 5.93. The molecule has 2 aliphatic rings. The third-order valence-corrected chi connectivity index (χ3v) is 6.20. The van der Waals surface area contributed by atoms with Gasteiger partial charge in [-0.3, -0.25) is 9.59 Å². The quantitative estimate of drug-likeness (QED) is 0.603. The molecule has 0 bridgehead atoms. The molecule has 3 heterocycles. The summed E-state index contributed by atoms with van der Waals surface area (Å²) < 4.78 is 2.59. The largest absolute Gasteiger partial charge is 0.314 e. The van der Waals surface area contributed by atoms with E-state index in [2.05, 4.69) is 26.3 Å². The smallest absolute Gasteiger partial charge is 0.242 e. The Morgan fingerprint density at radius 2 is 1.89 bits per heavy atom. The van der Waals surface area contributed by atoms with E-state index in [4.69, 9.17) is 11.6 Å². The molecule has 2 amide bonds. The summed E-state index contributed by atoms with van der Waals surface area (Å²) in [4.78, 5) is 27.7. The molecule has 0 aliphatic carbocycles. The van der Waals surface area contributed by atoms with E-state index in [-0.39, 0.29) is 18.2 Å². The van der Waals surface area contributed by atoms with Gasteiger partial charge in [-0.1, -0.05) is 27.5 Å². The van der Waals surface area contributed by atoms with Gasteiger partial charge in [-0.25, -0.2) is 4.68 Å². The summed E-state index contributed by atoms with van der Waals surface area (Å²) in [6.45, 7) is 0. The highest BCUT2D eigenvalue weighted by molar-refractivity contribution is 9.10. The molecule has 2 aliphatic heterocycles. The number of aromatic nitrogens is 2. The van der Waals surface area contributed by atoms with Crippen LogP contribution in [0.1, 0.15) is 17.5 Å². The number of likely N-dealkylation sites (N-methyl/N-ethyl adjacent to an activating group) is 1. The molecule has 2 aromatic carbocycles. The van der Waals surface area contributed by atoms with Gasteiger partial charge in [-0.2, -0.15) is 5.10 Å². The number of nitrogens with one attached hydrogen (secondary N) is 1. The maximum absolute atomic E-state index is 13.4. The van der Waals surface area contributed by atoms with E-state index >= 15 is 0 Å². The molecule has 0 radical (unpaired) electrons. The zero-order valence-corrected chi connectivity index (χ0v) is 17.1. The number of anilines is 2. The van der Waals surface area contributed by atoms with Crippen LogP contribution in [0.2, 0.25) is 5.02 Å². The topological polar surface area (TPSA) is 67.2 Å². The first-order valence-corrected chi connectivity index (χ1v) is 9.81. The second-order valence-corrected chi connectivity index (χ2v) is 8.30. The molecule has 1 N–H and O–H groups in total. The Morgan fingerprint density at radius 3 is 2.64 bits per heavy atom. The van der Waals surface area contributed by atoms with Crippen molar-refractivity contribution in [2.24, 2.45) is 0 Å². The van der Waals surface area contributed by atoms with Crippen molar-refractivity contribution in [3.63, 3.8) is 0 Å². The summed E-state index contributed by atoms with van der Waals surface area (Å²) in [5.74, 6) is 0.116. The monoisotopic (exact) mass is 456 g/mol. The SMILES string of the molecule is CN1C(=O)[C@@]2(CC(=O)Nc3c2cnn3-c2ccc(Br)cc2)c2cc(Cl)ccc21. The molecule has 8 heteroatoms. The lowest BCUT2D eigenvalue weighted by Crippen LogP contribution is -2.45. The van der Waals surface area contributed by atoms with E-state index in [1.807, 2.05) is 30.3 Å². The normalized spacial score (nSPS) is 20.3. The molecule has 3 aromatic rings. The summed E-state index contributed by atoms with van der Waals surface area (Å²) in [6, 6.07) is 12.9. The van der Waals surface area contributed by atoms with Crippen LogP contribution in [-0.2, 0) is 15.0 Å². The van der Waals surface area contributed by atoms with Crippen LogP contribution < -0.4 is 10.2 Å². The molecule has 6 nitrogen and oxygen atoms in total. The Morgan fingerprint density at radius 1 is 1.14 bits per heavy atom. The molecule has 140 valence electrons. The third-order valence-electron chi connectivity index (χ3n) is 5.43. The molecule has 1 atom stereocenters. The maximum atomic E-state index is 13.4. The molecule has 28 heavy (non-hydrogen) atoms. The predicted octanol–water partition coefficient (Wildman–Crippen LogP) is 3.89. The highest BCUT2D eigenvalue weighted by atomic mass is 79.9. The van der Waals surface area contributed by atoms with Crippen molar-refractivity contribution < 1.29 is 9.59 Å². The molecule has 0 unspecified atom stereocenters. The Labute approximate surface area is 174 Å². The average molecular weight is 458 g/mol. The zero-order chi connectivity index (χ0) is 19.6. The van der Waals surface area contributed by atoms with Gasteiger partial charge in [0.25, 0.3) is 0 Å². The van der Waals surface area contributed by atoms with Crippen LogP contribution in [0.3, 0.4) is 0 Å². The summed E-state index contributed by atoms with van der Waals surface area (Å²) in [5.41, 5.74) is 1.82. The Bertz CT molecular complexity index is 1160. The van der Waals surface area contributed by atoms with E-state index in [0.29, 0.717) is 16.4 Å². The zero-order valence-electron chi connectivity index (χ0n) is 14.7. The molecule has 0 saturated heterocycles. The minimum Gasteiger partial charge on any atom is -0.314 e. The lowest BCUT2D eigenvalue weighted by molar-refractivity contribution is -0.126. The Hall–Kier alpha value is -2.64. The van der Waals surface area contributed by atoms with Gasteiger partial charge in [-0.05, 0) is 48.0 Å². The van der Waals surface area contributed by atoms with Gasteiger partial charge in [0.15, 0.2) is 0 Å². The number of rotatable bonds is 1. The summed E-state index contributed by atoms with van der Waals surface area (Å²) in [6.07, 6.45) is 1.68. The van der Waals surface area contributed by atoms with E-state index in [0.717, 1.165) is 21.4 Å². The highest BCUT2D eigenvalue weighted by Gasteiger charge is 2.56. The van der Waals surface area contributed by atoms with Gasteiger partial charge in [-0.15, -0.1) is 0 Å². The van der Waals surface area contributed by atoms with E-state index in [1.54, 1.807) is 35.0 Å². The molecule has 0 fully saturated rings. The van der Waals surface area contributed by atoms with Crippen LogP contribution in [0.15, 0.2) is 53.1 Å². The van der Waals surface area contributed by atoms with Crippen molar-refractivity contribution in [3.8, 4) is 5.69 Å². The third kappa shape index (κ3) is 2.23. The standard InChI is InChI=1S/C20H14BrClN4O2/c1-25-16-7-4-12(22)8-14(16)20(19(25)28)9-17(27)24-18-15(20)10-23-26(18)13-5-2-11(21)3-6-13/h2-8,10H,9H2,1H3,(H,24,27)/t20-/m0/s1. The number of halogens is 2. The van der Waals surface area contributed by atoms with Gasteiger partial charge in [0.05, 0.1) is 11.9 Å². The Balaban J connectivity index is 1.78. The van der Waals surface area contributed by atoms with E-state index in [1.165, 1.54) is 0 Å². The first-order valence-electron chi connectivity index (χ1n) is 8.64. The lowest BCUT2D eigenvalue weighted by atomic mass is 9.72. The van der Waals surface area contributed by atoms with Crippen molar-refractivity contribution in [1.29, 1.82) is 0 Å². The fraction of sp³-hybridized carbons (Fsp3) is 0.150. The van der Waals surface area contributed by atoms with Gasteiger partial charge < -0.3 is 10.2 Å². The van der Waals surface area contributed by atoms with Crippen molar-refractivity contribution in [2.75, 3.05) is 17.3 Å². The van der Waals surface area contributed by atoms with Gasteiger partial charge >= 0.3 is 0 Å². The summed E-state index contributed by atoms with van der Waals surface area (Å²) in [5, 5.41) is 7.91. The van der Waals surface area contributed by atoms with Crippen molar-refractivity contribution in [1.82, 2.24) is 9.78 Å². The summed E-state index contributed by atoms with van der Waals surface area (Å²) >= 11 is 9.66. The lowest BCUT2D eigenvalue weighted by Gasteiger charge is -2.32. The molecule has 1 spiro atoms. The van der Waals surface area contributed by atoms with Crippen molar-refractivity contribution in [3.05, 3.63) is 69.3 Å². The first kappa shape index (κ1) is 17.5. The predicted molar refractivity (Wildman–Crippen MR) is 110 cm³/mol. The number of hydrogen-bond acceptors (Lipinski definition) is 3. The number of benzene rings is 2. The number of carbonyl (C=O) groups excluding carboxylic acids is 2. The van der Waals surface area contributed by atoms with Gasteiger partial charge in [0, 0.05) is 34.2 Å². The number of fused-ring (bicyclic) bond motifs is 4. The van der Waals surface area contributed by atoms with Crippen molar-refractivity contribution in [2.45, 2.75) is 11.8 Å². The van der Waals surface area contributed by atoms with Crippen LogP contribution in [0, 0.1) is 0 Å². The average Bonchev–Trinajstić information content (AvgIpc) is 3.17. The van der Waals surface area contributed by atoms with Crippen LogP contribution >= 0.6 is 27.5 Å². The second-order valence-electron chi connectivity index (χ2n) is 6.95. The van der Waals surface area contributed by atoms with E-state index < -0.39 is 5.41 Å². The van der Waals surface area contributed by atoms with Crippen molar-refractivity contribution >= 4 is 50.9 Å². The number of hydrogen-bond donors (Lipinski definition) is 1. The van der Waals surface area contributed by atoms with E-state index in [9.17, 15) is 9.59 Å². The number of amides is 2. The molecule has 0 saturated carbocycles. The minimum absolute atomic E-state index is 0.0164. The maximum Gasteiger partial charge on any atom is 0.242 e. The Kier molecular flexibility index (Phi) is 3.70. The van der Waals surface area contributed by atoms with Crippen LogP contribution in [0.4, 0.5) is 11.5 Å². The molecule has 1 aromatic heterocycles. The van der Waals surface area contributed by atoms with Crippen LogP contribution in [-0.4, -0.2) is 28.6 Å². The highest BCUT2D eigenvalue weighted by Crippen LogP contribution is 2.52. The van der Waals surface area contributed by atoms with Gasteiger partial charge in [0.2, 0.25) is 11.8 Å². The number of nitrogens with zero attached hydrogens (tertiary/aromatic N) is 3. The fourth-order valence-corrected chi connectivity index (χ4v) is 4.59. The fourth-order valence-electron chi connectivity index (χ4n) is 4.16. The summed E-state index contributed by atoms with van der Waals surface area (Å²) in [7, 11) is 1.72. The van der Waals surface area contributed by atoms with Crippen LogP contribution in [0.5, 0.6) is 0 Å². The molecule has 5 rings (SSSR count). The minimum atomic E-state index is -1.12.